The van der Waals surface area contributed by atoms with E-state index in [4.69, 9.17) is 47.4 Å². The molecule has 0 amide bonds. The van der Waals surface area contributed by atoms with Crippen LogP contribution < -0.4 is 0 Å². The highest BCUT2D eigenvalue weighted by Gasteiger charge is 2.53. The van der Waals surface area contributed by atoms with Gasteiger partial charge in [-0.25, -0.2) is 0 Å². The fraction of sp³-hybridized carbons (Fsp3) is 1.00. The fourth-order valence-electron chi connectivity index (χ4n) is 8.80. The SMILES string of the molecule is OC[C@H]1O[C@@H](O[C@H]2[C@H](O)[C@@H](O)[C@H](SCCCOCC(CO)(COCCCS[C@H]3O[C@H](CO)[C@@H](O)[C@H](O)[C@@H]3O)COCCCS[C@@H]3O[C@H](CO)[C@@H](O[C@@H]4O[C@H](CO)[C@H](O)[C@H](O)[C@H]4O)[C@H](O)[C@H]3O)O[C@@H]2CO)[C@H](O)[C@@H](O)[C@H]1O. The van der Waals surface area contributed by atoms with Gasteiger partial charge < -0.3 is 144 Å². The van der Waals surface area contributed by atoms with Gasteiger partial charge in [-0.3, -0.25) is 0 Å². The summed E-state index contributed by atoms with van der Waals surface area (Å²) in [7, 11) is 0. The Morgan fingerprint density at radius 2 is 0.618 bits per heavy atom. The summed E-state index contributed by atoms with van der Waals surface area (Å²) >= 11 is 3.34. The van der Waals surface area contributed by atoms with E-state index in [1.807, 2.05) is 0 Å². The zero-order valence-electron chi connectivity index (χ0n) is 41.5. The highest BCUT2D eigenvalue weighted by molar-refractivity contribution is 8.00. The van der Waals surface area contributed by atoms with E-state index in [9.17, 15) is 97.0 Å². The Hall–Kier alpha value is -0.110. The van der Waals surface area contributed by atoms with Crippen LogP contribution in [-0.2, 0) is 47.4 Å². The van der Waals surface area contributed by atoms with Crippen molar-refractivity contribution >= 4 is 35.3 Å². The molecule has 448 valence electrons. The summed E-state index contributed by atoms with van der Waals surface area (Å²) in [5.74, 6) is 0.976. The highest BCUT2D eigenvalue weighted by atomic mass is 32.2. The topological polar surface area (TPSA) is 477 Å². The van der Waals surface area contributed by atoms with Gasteiger partial charge in [0.25, 0.3) is 0 Å². The molecule has 25 atom stereocenters. The number of hydrogen-bond acceptors (Lipinski definition) is 32. The van der Waals surface area contributed by atoms with Gasteiger partial charge in [-0.15, -0.1) is 35.3 Å². The van der Waals surface area contributed by atoms with Gasteiger partial charge in [0, 0.05) is 19.8 Å². The van der Waals surface area contributed by atoms with E-state index in [1.54, 1.807) is 0 Å². The Morgan fingerprint density at radius 3 is 0.934 bits per heavy atom. The van der Waals surface area contributed by atoms with Crippen molar-refractivity contribution < 1.29 is 144 Å². The van der Waals surface area contributed by atoms with Crippen LogP contribution in [0, 0.1) is 5.41 Å². The molecule has 5 heterocycles. The Labute approximate surface area is 450 Å². The predicted octanol–water partition coefficient (Wildman–Crippen LogP) is -9.57. The molecule has 76 heavy (non-hydrogen) atoms. The van der Waals surface area contributed by atoms with Gasteiger partial charge in [0.15, 0.2) is 12.6 Å². The molecular weight excluding hydrogens is 1090 g/mol. The molecule has 0 radical (unpaired) electrons. The van der Waals surface area contributed by atoms with Gasteiger partial charge in [-0.2, -0.15) is 0 Å². The van der Waals surface area contributed by atoms with Gasteiger partial charge in [0.1, 0.15) is 138 Å². The third kappa shape index (κ3) is 17.2. The molecule has 0 spiro atoms. The van der Waals surface area contributed by atoms with Gasteiger partial charge in [0.05, 0.1) is 64.9 Å². The molecule has 5 rings (SSSR count). The highest BCUT2D eigenvalue weighted by Crippen LogP contribution is 2.36. The van der Waals surface area contributed by atoms with Crippen LogP contribution in [-0.4, -0.2) is 345 Å². The molecule has 19 N–H and O–H groups in total. The second kappa shape index (κ2) is 32.7. The molecular formula is C44H80O29S3. The second-order valence-corrected chi connectivity index (χ2v) is 22.8. The molecule has 0 aromatic carbocycles. The molecule has 5 aliphatic rings. The van der Waals surface area contributed by atoms with Gasteiger partial charge in [-0.1, -0.05) is 0 Å². The monoisotopic (exact) mass is 1170 g/mol. The second-order valence-electron chi connectivity index (χ2n) is 19.2. The molecule has 5 saturated heterocycles. The number of ether oxygens (including phenoxy) is 10. The molecule has 0 unspecified atom stereocenters. The third-order valence-corrected chi connectivity index (χ3v) is 17.2. The lowest BCUT2D eigenvalue weighted by Gasteiger charge is -2.46. The zero-order chi connectivity index (χ0) is 55.9. The van der Waals surface area contributed by atoms with Crippen LogP contribution in [0.4, 0.5) is 0 Å². The molecule has 29 nitrogen and oxygen atoms in total. The average molecular weight is 1170 g/mol. The van der Waals surface area contributed by atoms with E-state index < -0.39 is 196 Å². The van der Waals surface area contributed by atoms with Crippen LogP contribution in [0.2, 0.25) is 0 Å². The number of aliphatic hydroxyl groups is 19. The van der Waals surface area contributed by atoms with Crippen LogP contribution in [0.5, 0.6) is 0 Å². The summed E-state index contributed by atoms with van der Waals surface area (Å²) in [6.45, 7) is -3.67. The van der Waals surface area contributed by atoms with Crippen LogP contribution in [0.3, 0.4) is 0 Å². The first-order valence-electron chi connectivity index (χ1n) is 25.0. The largest absolute Gasteiger partial charge is 0.396 e. The lowest BCUT2D eigenvalue weighted by atomic mass is 9.92. The van der Waals surface area contributed by atoms with E-state index in [0.29, 0.717) is 36.5 Å². The quantitative estimate of drug-likeness (QED) is 0.0287. The maximum Gasteiger partial charge on any atom is 0.187 e. The van der Waals surface area contributed by atoms with Crippen molar-refractivity contribution in [3.63, 3.8) is 0 Å². The lowest BCUT2D eigenvalue weighted by molar-refractivity contribution is -0.338. The van der Waals surface area contributed by atoms with Crippen LogP contribution in [0.25, 0.3) is 0 Å². The van der Waals surface area contributed by atoms with Gasteiger partial charge in [0.2, 0.25) is 0 Å². The van der Waals surface area contributed by atoms with Crippen LogP contribution >= 0.6 is 35.3 Å². The summed E-state index contributed by atoms with van der Waals surface area (Å²) < 4.78 is 57.1. The molecule has 0 bridgehead atoms. The van der Waals surface area contributed by atoms with Crippen LogP contribution in [0.1, 0.15) is 19.3 Å². The van der Waals surface area contributed by atoms with Crippen molar-refractivity contribution in [2.45, 2.75) is 170 Å². The Kier molecular flexibility index (Phi) is 28.7. The standard InChI is InChI=1S/C44H80O29S3/c45-10-19-24(51)27(54)32(59)39(67-19)72-37-22(13-48)70-42(35(62)30(37)57)75-8-2-5-65-17-44(15-50,16-64-4-1-7-74-41-34(61)29(56)26(53)21(12-47)69-41)18-66-6-3-9-76-43-36(63)31(58)38(23(14-49)71-43)73-40-33(60)28(55)25(52)20(11-46)68-40/h19-43,45-63H,1-18H2/t19-,20-,21-,22-,23-,24+,25+,26-,27+,28+,29+,30-,31-,32-,33-,34+,35-,36-,37-,38-,39+,40+,41-,42+,43+/m1/s1. The molecule has 5 fully saturated rings. The van der Waals surface area contributed by atoms with Crippen LogP contribution in [0.15, 0.2) is 0 Å². The number of hydrogen-bond donors (Lipinski definition) is 19. The lowest BCUT2D eigenvalue weighted by Crippen LogP contribution is -2.64. The predicted molar refractivity (Wildman–Crippen MR) is 260 cm³/mol. The molecule has 0 aromatic rings. The number of aliphatic hydroxyl groups excluding tert-OH is 19. The normalized spacial score (nSPS) is 43.2. The Morgan fingerprint density at radius 1 is 0.329 bits per heavy atom. The number of rotatable bonds is 31. The van der Waals surface area contributed by atoms with Crippen molar-refractivity contribution in [1.82, 2.24) is 0 Å². The van der Waals surface area contributed by atoms with E-state index in [1.165, 1.54) is 0 Å². The smallest absolute Gasteiger partial charge is 0.187 e. The van der Waals surface area contributed by atoms with Crippen molar-refractivity contribution in [1.29, 1.82) is 0 Å². The number of thioether (sulfide) groups is 3. The fourth-order valence-corrected chi connectivity index (χ4v) is 12.1. The molecule has 0 saturated carbocycles. The molecule has 0 aromatic heterocycles. The maximum absolute atomic E-state index is 11.0. The zero-order valence-corrected chi connectivity index (χ0v) is 43.9. The van der Waals surface area contributed by atoms with Crippen molar-refractivity contribution in [3.05, 3.63) is 0 Å². The van der Waals surface area contributed by atoms with E-state index >= 15 is 0 Å². The molecule has 5 aliphatic heterocycles. The van der Waals surface area contributed by atoms with E-state index in [-0.39, 0.29) is 39.6 Å². The third-order valence-electron chi connectivity index (χ3n) is 13.5. The van der Waals surface area contributed by atoms with Gasteiger partial charge in [-0.05, 0) is 36.5 Å². The molecule has 0 aliphatic carbocycles. The van der Waals surface area contributed by atoms with Crippen molar-refractivity contribution in [2.75, 3.05) is 96.5 Å². The van der Waals surface area contributed by atoms with Crippen molar-refractivity contribution in [3.8, 4) is 0 Å². The summed E-state index contributed by atoms with van der Waals surface area (Å²) in [5.41, 5.74) is -4.18. The van der Waals surface area contributed by atoms with Crippen molar-refractivity contribution in [2.24, 2.45) is 5.41 Å². The molecule has 32 heteroatoms. The first-order chi connectivity index (χ1) is 36.3. The Bertz CT molecular complexity index is 1520. The van der Waals surface area contributed by atoms with E-state index in [0.717, 1.165) is 35.3 Å². The summed E-state index contributed by atoms with van der Waals surface area (Å²) in [6.07, 6.45) is -32.7. The Balaban J connectivity index is 1.09. The summed E-state index contributed by atoms with van der Waals surface area (Å²) in [5, 5.41) is 195. The minimum Gasteiger partial charge on any atom is -0.396 e. The summed E-state index contributed by atoms with van der Waals surface area (Å²) in [4.78, 5) is 0. The maximum atomic E-state index is 11.0. The van der Waals surface area contributed by atoms with Gasteiger partial charge >= 0.3 is 0 Å². The summed E-state index contributed by atoms with van der Waals surface area (Å²) in [6, 6.07) is 0. The van der Waals surface area contributed by atoms with E-state index in [2.05, 4.69) is 0 Å². The first kappa shape index (κ1) is 66.7. The minimum absolute atomic E-state index is 0.0540. The first-order valence-corrected chi connectivity index (χ1v) is 28.1. The average Bonchev–Trinajstić information content (AvgIpc) is 3.42. The minimum atomic E-state index is -1.81.